The van der Waals surface area contributed by atoms with Crippen molar-refractivity contribution in [3.8, 4) is 0 Å². The highest BCUT2D eigenvalue weighted by Crippen LogP contribution is 2.17. The third-order valence-corrected chi connectivity index (χ3v) is 9.69. The summed E-state index contributed by atoms with van der Waals surface area (Å²) in [6.45, 7) is 20.4. The van der Waals surface area contributed by atoms with Crippen molar-refractivity contribution in [3.63, 3.8) is 0 Å². The maximum Gasteiger partial charge on any atom is 0.329 e. The highest BCUT2D eigenvalue weighted by atomic mass is 127. The van der Waals surface area contributed by atoms with Gasteiger partial charge in [-0.05, 0) is 168 Å². The van der Waals surface area contributed by atoms with Gasteiger partial charge in [0.05, 0.1) is 0 Å². The molecule has 67 heavy (non-hydrogen) atoms. The molecule has 0 aromatic heterocycles. The predicted octanol–water partition coefficient (Wildman–Crippen LogP) is 6.37. The second-order valence-corrected chi connectivity index (χ2v) is 21.4. The second kappa shape index (κ2) is 26.3. The Labute approximate surface area is 409 Å². The molecule has 17 nitrogen and oxygen atoms in total. The van der Waals surface area contributed by atoms with Crippen molar-refractivity contribution in [1.82, 2.24) is 26.6 Å². The number of hydrogen-bond donors (Lipinski definition) is 5. The average Bonchev–Trinajstić information content (AvgIpc) is 3.17. The smallest absolute Gasteiger partial charge is 0.329 e. The third-order valence-electron chi connectivity index (χ3n) is 8.97. The lowest BCUT2D eigenvalue weighted by molar-refractivity contribution is -0.159. The molecular formula is C49H72IN5O12. The molecule has 2 rings (SSSR count). The minimum absolute atomic E-state index is 0.0803. The van der Waals surface area contributed by atoms with E-state index in [4.69, 9.17) is 18.9 Å². The molecule has 0 radical (unpaired) electrons. The first kappa shape index (κ1) is 57.9. The van der Waals surface area contributed by atoms with Crippen LogP contribution in [0.3, 0.4) is 0 Å². The first-order chi connectivity index (χ1) is 30.9. The summed E-state index contributed by atoms with van der Waals surface area (Å²) in [7, 11) is 0. The molecule has 5 N–H and O–H groups in total. The number of carbonyl (C=O) groups excluding carboxylic acids is 8. The van der Waals surface area contributed by atoms with Gasteiger partial charge >= 0.3 is 29.9 Å². The van der Waals surface area contributed by atoms with Gasteiger partial charge in [-0.3, -0.25) is 24.0 Å². The number of amides is 5. The maximum absolute atomic E-state index is 14.0. The van der Waals surface area contributed by atoms with Gasteiger partial charge < -0.3 is 45.5 Å². The van der Waals surface area contributed by atoms with Gasteiger partial charge in [-0.15, -0.1) is 0 Å². The summed E-state index contributed by atoms with van der Waals surface area (Å²) < 4.78 is 22.8. The SMILES string of the molecule is CC(C)(C)OC(=O)CC[C@H](NC(=O)c1ccc(I)cc1)C(=O)N[C@@H](Cc1ccccc1)C(=O)NCCCC[C@H](NC(=O)N[C@@H](CCC(=O)OC(C)(C)C)C(=O)OC(C)(C)C)C(=O)OC(C)(C)C. The van der Waals surface area contributed by atoms with Gasteiger partial charge in [0.25, 0.3) is 5.91 Å². The largest absolute Gasteiger partial charge is 0.460 e. The summed E-state index contributed by atoms with van der Waals surface area (Å²) in [5.74, 6) is -4.37. The fourth-order valence-corrected chi connectivity index (χ4v) is 6.52. The average molecular weight is 1050 g/mol. The molecule has 0 fully saturated rings. The Kier molecular flexibility index (Phi) is 22.7. The fourth-order valence-electron chi connectivity index (χ4n) is 6.16. The van der Waals surface area contributed by atoms with E-state index in [1.54, 1.807) is 119 Å². The number of rotatable bonds is 22. The lowest BCUT2D eigenvalue weighted by Crippen LogP contribution is -2.54. The van der Waals surface area contributed by atoms with Crippen LogP contribution < -0.4 is 26.6 Å². The number of esters is 4. The van der Waals surface area contributed by atoms with Crippen LogP contribution in [-0.2, 0) is 54.1 Å². The summed E-state index contributed by atoms with van der Waals surface area (Å²) in [5.41, 5.74) is -2.27. The number of carbonyl (C=O) groups is 8. The first-order valence-corrected chi connectivity index (χ1v) is 23.6. The van der Waals surface area contributed by atoms with Gasteiger partial charge in [0.15, 0.2) is 0 Å². The number of urea groups is 1. The molecule has 4 atom stereocenters. The molecule has 0 unspecified atom stereocenters. The molecular weight excluding hydrogens is 977 g/mol. The van der Waals surface area contributed by atoms with Gasteiger partial charge in [-0.1, -0.05) is 30.3 Å². The third kappa shape index (κ3) is 25.4. The molecule has 0 aliphatic heterocycles. The zero-order valence-electron chi connectivity index (χ0n) is 41.1. The molecule has 18 heteroatoms. The van der Waals surface area contributed by atoms with Crippen LogP contribution >= 0.6 is 22.6 Å². The minimum atomic E-state index is -1.25. The molecule has 0 heterocycles. The van der Waals surface area contributed by atoms with Gasteiger partial charge in [0.1, 0.15) is 46.6 Å². The van der Waals surface area contributed by atoms with Gasteiger partial charge in [-0.2, -0.15) is 0 Å². The quantitative estimate of drug-likeness (QED) is 0.0375. The highest BCUT2D eigenvalue weighted by molar-refractivity contribution is 14.1. The Morgan fingerprint density at radius 2 is 0.970 bits per heavy atom. The van der Waals surface area contributed by atoms with Crippen molar-refractivity contribution in [1.29, 1.82) is 0 Å². The van der Waals surface area contributed by atoms with Crippen molar-refractivity contribution in [2.45, 2.75) is 181 Å². The summed E-state index contributed by atoms with van der Waals surface area (Å²) in [4.78, 5) is 106. The standard InChI is InChI=1S/C49H72IN5O12/c1-46(2,3)64-38(56)27-25-34(52-40(58)32-21-23-33(50)24-22-32)42(60)53-37(30-31-18-14-13-15-19-31)41(59)51-29-17-16-20-35(43(61)66-48(7,8)9)54-45(63)55-36(44(62)67-49(10,11)12)26-28-39(57)65-47(4,5)6/h13-15,18-19,21-24,34-37H,16-17,20,25-30H2,1-12H3,(H,51,59)(H,52,58)(H,53,60)(H2,54,55,63)/t34-,35-,36-,37-/m0/s1. The molecule has 372 valence electrons. The van der Waals surface area contributed by atoms with E-state index < -0.39 is 94.2 Å². The summed E-state index contributed by atoms with van der Waals surface area (Å²) in [6.07, 6.45) is 0.215. The van der Waals surface area contributed by atoms with Crippen LogP contribution in [0.1, 0.15) is 144 Å². The Balaban J connectivity index is 2.21. The molecule has 0 aliphatic carbocycles. The molecule has 0 bridgehead atoms. The molecule has 0 saturated heterocycles. The second-order valence-electron chi connectivity index (χ2n) is 20.1. The van der Waals surface area contributed by atoms with Gasteiger partial charge in [0, 0.05) is 34.9 Å². The van der Waals surface area contributed by atoms with Crippen molar-refractivity contribution >= 4 is 70.2 Å². The van der Waals surface area contributed by atoms with E-state index in [1.165, 1.54) is 0 Å². The maximum atomic E-state index is 14.0. The zero-order chi connectivity index (χ0) is 50.8. The lowest BCUT2D eigenvalue weighted by atomic mass is 10.0. The Bertz CT molecular complexity index is 1980. The number of hydrogen-bond acceptors (Lipinski definition) is 12. The Hall–Kier alpha value is -5.27. The van der Waals surface area contributed by atoms with Crippen molar-refractivity contribution < 1.29 is 57.3 Å². The van der Waals surface area contributed by atoms with Crippen molar-refractivity contribution in [2.24, 2.45) is 0 Å². The number of benzene rings is 2. The fraction of sp³-hybridized carbons (Fsp3) is 0.592. The Morgan fingerprint density at radius 1 is 0.507 bits per heavy atom. The van der Waals surface area contributed by atoms with E-state index in [1.807, 2.05) is 18.2 Å². The van der Waals surface area contributed by atoms with Crippen molar-refractivity contribution in [3.05, 3.63) is 69.3 Å². The van der Waals surface area contributed by atoms with E-state index in [9.17, 15) is 38.4 Å². The molecule has 2 aromatic rings. The van der Waals surface area contributed by atoms with E-state index in [2.05, 4.69) is 49.2 Å². The zero-order valence-corrected chi connectivity index (χ0v) is 43.3. The number of nitrogens with one attached hydrogen (secondary N) is 5. The molecule has 5 amide bonds. The summed E-state index contributed by atoms with van der Waals surface area (Å²) in [6, 6.07) is 10.2. The molecule has 2 aromatic carbocycles. The lowest BCUT2D eigenvalue weighted by Gasteiger charge is -2.27. The topological polar surface area (TPSA) is 234 Å². The van der Waals surface area contributed by atoms with Crippen molar-refractivity contribution in [2.75, 3.05) is 6.54 Å². The van der Waals surface area contributed by atoms with Crippen LogP contribution in [0.5, 0.6) is 0 Å². The van der Waals surface area contributed by atoms with E-state index >= 15 is 0 Å². The van der Waals surface area contributed by atoms with Crippen LogP contribution in [0.15, 0.2) is 54.6 Å². The monoisotopic (exact) mass is 1050 g/mol. The predicted molar refractivity (Wildman–Crippen MR) is 260 cm³/mol. The van der Waals surface area contributed by atoms with E-state index in [0.717, 1.165) is 9.13 Å². The Morgan fingerprint density at radius 3 is 1.45 bits per heavy atom. The van der Waals surface area contributed by atoms with Gasteiger partial charge in [-0.25, -0.2) is 14.4 Å². The number of halogens is 1. The number of unbranched alkanes of at least 4 members (excludes halogenated alkanes) is 1. The van der Waals surface area contributed by atoms with Gasteiger partial charge in [0.2, 0.25) is 11.8 Å². The molecule has 0 saturated carbocycles. The van der Waals surface area contributed by atoms with E-state index in [0.29, 0.717) is 18.4 Å². The van der Waals surface area contributed by atoms with E-state index in [-0.39, 0.29) is 45.1 Å². The first-order valence-electron chi connectivity index (χ1n) is 22.5. The summed E-state index contributed by atoms with van der Waals surface area (Å²) in [5, 5.41) is 13.5. The van der Waals surface area contributed by atoms with Crippen LogP contribution in [0.25, 0.3) is 0 Å². The molecule has 0 spiro atoms. The molecule has 0 aliphatic rings. The van der Waals surface area contributed by atoms with Crippen LogP contribution in [0, 0.1) is 3.57 Å². The minimum Gasteiger partial charge on any atom is -0.460 e. The highest BCUT2D eigenvalue weighted by Gasteiger charge is 2.32. The van der Waals surface area contributed by atoms with Crippen LogP contribution in [0.2, 0.25) is 0 Å². The van der Waals surface area contributed by atoms with Crippen LogP contribution in [-0.4, -0.2) is 101 Å². The normalized spacial score (nSPS) is 13.6. The summed E-state index contributed by atoms with van der Waals surface area (Å²) >= 11 is 2.11. The van der Waals surface area contributed by atoms with Crippen LogP contribution in [0.4, 0.5) is 4.79 Å². The number of ether oxygens (including phenoxy) is 4.